The number of aromatic nitrogens is 2. The van der Waals surface area contributed by atoms with Gasteiger partial charge in [0.15, 0.2) is 0 Å². The quantitative estimate of drug-likeness (QED) is 0.723. The summed E-state index contributed by atoms with van der Waals surface area (Å²) in [4.78, 5) is 17.2. The molecule has 0 spiro atoms. The fourth-order valence-electron chi connectivity index (χ4n) is 1.29. The van der Waals surface area contributed by atoms with Crippen LogP contribution < -0.4 is 5.73 Å². The molecule has 2 N–H and O–H groups in total. The molecule has 0 aliphatic rings. The Kier molecular flexibility index (Phi) is 4.83. The number of carbonyl (C=O) groups excluding carboxylic acids is 1. The molecular weight excluding hydrogens is 192 g/mol. The minimum atomic E-state index is 0.150. The summed E-state index contributed by atoms with van der Waals surface area (Å²) >= 11 is 0. The van der Waals surface area contributed by atoms with Gasteiger partial charge in [-0.2, -0.15) is 0 Å². The molecule has 0 fully saturated rings. The largest absolute Gasteiger partial charge is 0.346 e. The molecule has 0 radical (unpaired) electrons. The molecule has 1 aromatic heterocycles. The monoisotopic (exact) mass is 210 g/mol. The summed E-state index contributed by atoms with van der Waals surface area (Å²) in [5.41, 5.74) is 5.38. The van der Waals surface area contributed by atoms with Crippen LogP contribution in [0.5, 0.6) is 0 Å². The number of nitrogens with zero attached hydrogens (tertiary/aromatic N) is 3. The Morgan fingerprint density at radius 3 is 3.00 bits per heavy atom. The lowest BCUT2D eigenvalue weighted by molar-refractivity contribution is -0.130. The van der Waals surface area contributed by atoms with Crippen LogP contribution in [0.4, 0.5) is 0 Å². The van der Waals surface area contributed by atoms with Gasteiger partial charge in [0.2, 0.25) is 5.91 Å². The van der Waals surface area contributed by atoms with Gasteiger partial charge in [-0.25, -0.2) is 4.98 Å². The van der Waals surface area contributed by atoms with Gasteiger partial charge >= 0.3 is 0 Å². The molecule has 15 heavy (non-hydrogen) atoms. The van der Waals surface area contributed by atoms with Crippen LogP contribution in [0.3, 0.4) is 0 Å². The summed E-state index contributed by atoms with van der Waals surface area (Å²) in [6.07, 6.45) is 6.65. The summed E-state index contributed by atoms with van der Waals surface area (Å²) in [7, 11) is 1.81. The second-order valence-electron chi connectivity index (χ2n) is 3.51. The van der Waals surface area contributed by atoms with Gasteiger partial charge < -0.3 is 15.2 Å². The summed E-state index contributed by atoms with van der Waals surface area (Å²) < 4.78 is 1.90. The van der Waals surface area contributed by atoms with Crippen molar-refractivity contribution in [3.8, 4) is 0 Å². The van der Waals surface area contributed by atoms with E-state index in [2.05, 4.69) is 4.98 Å². The Balaban J connectivity index is 2.23. The van der Waals surface area contributed by atoms with Crippen LogP contribution >= 0.6 is 0 Å². The van der Waals surface area contributed by atoms with E-state index in [4.69, 9.17) is 5.73 Å². The van der Waals surface area contributed by atoms with E-state index in [1.807, 2.05) is 17.8 Å². The van der Waals surface area contributed by atoms with Gasteiger partial charge in [-0.1, -0.05) is 0 Å². The van der Waals surface area contributed by atoms with Crippen molar-refractivity contribution in [2.75, 3.05) is 20.1 Å². The maximum atomic E-state index is 11.6. The van der Waals surface area contributed by atoms with E-state index >= 15 is 0 Å². The molecule has 0 aromatic carbocycles. The van der Waals surface area contributed by atoms with E-state index in [1.165, 1.54) is 0 Å². The van der Waals surface area contributed by atoms with Crippen LogP contribution in [0, 0.1) is 0 Å². The Bertz CT molecular complexity index is 284. The smallest absolute Gasteiger partial charge is 0.224 e. The highest BCUT2D eigenvalue weighted by Gasteiger charge is 2.07. The molecule has 1 rings (SSSR count). The third kappa shape index (κ3) is 4.12. The van der Waals surface area contributed by atoms with Gasteiger partial charge in [-0.05, 0) is 13.0 Å². The predicted octanol–water partition coefficient (Wildman–Crippen LogP) is 0.0804. The van der Waals surface area contributed by atoms with E-state index in [9.17, 15) is 4.79 Å². The first-order valence-corrected chi connectivity index (χ1v) is 5.14. The molecule has 0 aliphatic heterocycles. The van der Waals surface area contributed by atoms with Crippen molar-refractivity contribution in [2.45, 2.75) is 19.4 Å². The average Bonchev–Trinajstić information content (AvgIpc) is 2.75. The zero-order valence-electron chi connectivity index (χ0n) is 9.09. The van der Waals surface area contributed by atoms with Crippen molar-refractivity contribution in [3.63, 3.8) is 0 Å². The number of nitrogens with two attached hydrogens (primary N) is 1. The van der Waals surface area contributed by atoms with Gasteiger partial charge in [0.05, 0.1) is 6.33 Å². The first-order valence-electron chi connectivity index (χ1n) is 5.14. The molecule has 0 aliphatic carbocycles. The van der Waals surface area contributed by atoms with Crippen LogP contribution in [0.25, 0.3) is 0 Å². The normalized spacial score (nSPS) is 10.3. The number of hydrogen-bond acceptors (Lipinski definition) is 3. The maximum absolute atomic E-state index is 11.6. The Labute approximate surface area is 89.9 Å². The van der Waals surface area contributed by atoms with Crippen molar-refractivity contribution in [2.24, 2.45) is 5.73 Å². The van der Waals surface area contributed by atoms with Crippen molar-refractivity contribution < 1.29 is 4.79 Å². The summed E-state index contributed by atoms with van der Waals surface area (Å²) in [6, 6.07) is 0. The molecule has 0 atom stereocenters. The Morgan fingerprint density at radius 1 is 1.60 bits per heavy atom. The van der Waals surface area contributed by atoms with Gasteiger partial charge in [-0.3, -0.25) is 4.79 Å². The highest BCUT2D eigenvalue weighted by atomic mass is 16.2. The molecule has 0 unspecified atom stereocenters. The predicted molar refractivity (Wildman–Crippen MR) is 58.2 cm³/mol. The molecular formula is C10H18N4O. The van der Waals surface area contributed by atoms with Crippen molar-refractivity contribution in [1.82, 2.24) is 14.5 Å². The SMILES string of the molecule is CN(CCCN)C(=O)CCn1ccnc1. The Morgan fingerprint density at radius 2 is 2.40 bits per heavy atom. The highest BCUT2D eigenvalue weighted by molar-refractivity contribution is 5.75. The van der Waals surface area contributed by atoms with Gasteiger partial charge in [0.25, 0.3) is 0 Å². The van der Waals surface area contributed by atoms with Crippen molar-refractivity contribution in [1.29, 1.82) is 0 Å². The molecule has 1 amide bonds. The van der Waals surface area contributed by atoms with Crippen LogP contribution in [0.2, 0.25) is 0 Å². The summed E-state index contributed by atoms with van der Waals surface area (Å²) in [5, 5.41) is 0. The first kappa shape index (κ1) is 11.7. The van der Waals surface area contributed by atoms with E-state index in [-0.39, 0.29) is 5.91 Å². The minimum absolute atomic E-state index is 0.150. The fourth-order valence-corrected chi connectivity index (χ4v) is 1.29. The lowest BCUT2D eigenvalue weighted by atomic mass is 10.3. The molecule has 5 heteroatoms. The van der Waals surface area contributed by atoms with Crippen LogP contribution in [0.15, 0.2) is 18.7 Å². The van der Waals surface area contributed by atoms with Crippen LogP contribution in [-0.4, -0.2) is 40.5 Å². The summed E-state index contributed by atoms with van der Waals surface area (Å²) in [6.45, 7) is 2.05. The number of amides is 1. The standard InChI is InChI=1S/C10H18N4O/c1-13(6-2-4-11)10(15)3-7-14-8-5-12-9-14/h5,8-9H,2-4,6-7,11H2,1H3. The van der Waals surface area contributed by atoms with E-state index in [1.54, 1.807) is 17.4 Å². The second kappa shape index (κ2) is 6.19. The third-order valence-electron chi connectivity index (χ3n) is 2.27. The third-order valence-corrected chi connectivity index (χ3v) is 2.27. The minimum Gasteiger partial charge on any atom is -0.346 e. The topological polar surface area (TPSA) is 64.2 Å². The van der Waals surface area contributed by atoms with E-state index < -0.39 is 0 Å². The van der Waals surface area contributed by atoms with Gasteiger partial charge in [0.1, 0.15) is 0 Å². The molecule has 0 bridgehead atoms. The lowest BCUT2D eigenvalue weighted by Gasteiger charge is -2.16. The average molecular weight is 210 g/mol. The first-order chi connectivity index (χ1) is 7.24. The molecule has 0 saturated carbocycles. The molecule has 84 valence electrons. The lowest BCUT2D eigenvalue weighted by Crippen LogP contribution is -2.29. The fraction of sp³-hybridized carbons (Fsp3) is 0.600. The number of hydrogen-bond donors (Lipinski definition) is 1. The molecule has 5 nitrogen and oxygen atoms in total. The molecule has 0 saturated heterocycles. The summed E-state index contributed by atoms with van der Waals surface area (Å²) in [5.74, 6) is 0.150. The Hall–Kier alpha value is -1.36. The molecule has 1 heterocycles. The number of rotatable bonds is 6. The number of carbonyl (C=O) groups is 1. The number of imidazole rings is 1. The zero-order valence-corrected chi connectivity index (χ0v) is 9.09. The van der Waals surface area contributed by atoms with Crippen LogP contribution in [-0.2, 0) is 11.3 Å². The van der Waals surface area contributed by atoms with E-state index in [0.29, 0.717) is 19.5 Å². The van der Waals surface area contributed by atoms with E-state index in [0.717, 1.165) is 13.0 Å². The van der Waals surface area contributed by atoms with Crippen LogP contribution in [0.1, 0.15) is 12.8 Å². The second-order valence-corrected chi connectivity index (χ2v) is 3.51. The highest BCUT2D eigenvalue weighted by Crippen LogP contribution is 1.96. The van der Waals surface area contributed by atoms with Gasteiger partial charge in [0, 0.05) is 39.0 Å². The number of aryl methyl sites for hydroxylation is 1. The maximum Gasteiger partial charge on any atom is 0.224 e. The van der Waals surface area contributed by atoms with Crippen molar-refractivity contribution in [3.05, 3.63) is 18.7 Å². The van der Waals surface area contributed by atoms with Crippen molar-refractivity contribution >= 4 is 5.91 Å². The zero-order chi connectivity index (χ0) is 11.1. The van der Waals surface area contributed by atoms with Gasteiger partial charge in [-0.15, -0.1) is 0 Å². The molecule has 1 aromatic rings.